The Kier molecular flexibility index (Phi) is 3.28. The molecule has 1 aliphatic carbocycles. The van der Waals surface area contributed by atoms with Gasteiger partial charge >= 0.3 is 0 Å². The first kappa shape index (κ1) is 12.6. The number of rotatable bonds is 2. The third kappa shape index (κ3) is 2.38. The Hall–Kier alpha value is -0.860. The molecule has 1 aromatic carbocycles. The van der Waals surface area contributed by atoms with Crippen molar-refractivity contribution in [2.75, 3.05) is 13.6 Å². The van der Waals surface area contributed by atoms with Crippen molar-refractivity contribution >= 4 is 0 Å². The molecule has 0 radical (unpaired) electrons. The van der Waals surface area contributed by atoms with Gasteiger partial charge in [0.15, 0.2) is 0 Å². The number of hydrogen-bond acceptors (Lipinski definition) is 2. The van der Waals surface area contributed by atoms with Crippen molar-refractivity contribution < 1.29 is 5.11 Å². The molecule has 0 saturated heterocycles. The van der Waals surface area contributed by atoms with Crippen LogP contribution in [0.5, 0.6) is 0 Å². The van der Waals surface area contributed by atoms with Gasteiger partial charge in [-0.3, -0.25) is 0 Å². The number of hydrogen-bond donors (Lipinski definition) is 2. The Labute approximate surface area is 104 Å². The zero-order valence-corrected chi connectivity index (χ0v) is 11.2. The van der Waals surface area contributed by atoms with E-state index in [0.717, 1.165) is 18.5 Å². The molecule has 0 bridgehead atoms. The van der Waals surface area contributed by atoms with Crippen molar-refractivity contribution in [2.45, 2.75) is 44.6 Å². The van der Waals surface area contributed by atoms with Crippen molar-refractivity contribution in [3.05, 3.63) is 34.9 Å². The third-order valence-corrected chi connectivity index (χ3v) is 3.71. The molecule has 2 nitrogen and oxygen atoms in total. The van der Waals surface area contributed by atoms with Crippen molar-refractivity contribution in [3.8, 4) is 0 Å². The summed E-state index contributed by atoms with van der Waals surface area (Å²) in [5.74, 6) is 0.457. The second-order valence-electron chi connectivity index (χ2n) is 6.10. The molecule has 2 N–H and O–H groups in total. The lowest BCUT2D eigenvalue weighted by atomic mass is 9.85. The fourth-order valence-electron chi connectivity index (χ4n) is 2.66. The molecule has 2 heteroatoms. The maximum atomic E-state index is 10.1. The number of nitrogens with one attached hydrogen (secondary N) is 1. The highest BCUT2D eigenvalue weighted by molar-refractivity contribution is 5.42. The van der Waals surface area contributed by atoms with E-state index in [-0.39, 0.29) is 11.5 Å². The average molecular weight is 233 g/mol. The average Bonchev–Trinajstić information content (AvgIpc) is 2.55. The second-order valence-corrected chi connectivity index (χ2v) is 6.10. The van der Waals surface area contributed by atoms with E-state index in [2.05, 4.69) is 44.3 Å². The normalized spacial score (nSPS) is 23.8. The lowest BCUT2D eigenvalue weighted by Crippen LogP contribution is -2.15. The first-order valence-electron chi connectivity index (χ1n) is 6.40. The number of likely N-dealkylation sites (N-methyl/N-ethyl adjacent to an activating group) is 1. The topological polar surface area (TPSA) is 32.3 Å². The summed E-state index contributed by atoms with van der Waals surface area (Å²) >= 11 is 0. The third-order valence-electron chi connectivity index (χ3n) is 3.71. The summed E-state index contributed by atoms with van der Waals surface area (Å²) in [6.07, 6.45) is 0.565. The van der Waals surface area contributed by atoms with Crippen LogP contribution >= 0.6 is 0 Å². The highest BCUT2D eigenvalue weighted by atomic mass is 16.3. The van der Waals surface area contributed by atoms with Crippen molar-refractivity contribution in [1.82, 2.24) is 5.32 Å². The molecule has 17 heavy (non-hydrogen) atoms. The predicted octanol–water partition coefficient (Wildman–Crippen LogP) is 2.72. The molecule has 0 heterocycles. The lowest BCUT2D eigenvalue weighted by molar-refractivity contribution is 0.173. The van der Waals surface area contributed by atoms with Crippen LogP contribution in [0.4, 0.5) is 0 Å². The van der Waals surface area contributed by atoms with Crippen LogP contribution in [-0.4, -0.2) is 18.7 Å². The standard InChI is InChI=1S/C15H23NO/c1-15(2,3)11-5-6-12-10(9-16-4)7-14(17)13(12)8-11/h5-6,8,10,14,16-17H,7,9H2,1-4H3. The van der Waals surface area contributed by atoms with E-state index in [1.165, 1.54) is 11.1 Å². The van der Waals surface area contributed by atoms with E-state index < -0.39 is 0 Å². The molecule has 0 fully saturated rings. The van der Waals surface area contributed by atoms with Crippen molar-refractivity contribution in [1.29, 1.82) is 0 Å². The number of fused-ring (bicyclic) bond motifs is 1. The maximum absolute atomic E-state index is 10.1. The Morgan fingerprint density at radius 2 is 2.00 bits per heavy atom. The van der Waals surface area contributed by atoms with Crippen LogP contribution in [0.1, 0.15) is 55.9 Å². The first-order chi connectivity index (χ1) is 7.93. The summed E-state index contributed by atoms with van der Waals surface area (Å²) in [6, 6.07) is 6.60. The van der Waals surface area contributed by atoms with Gasteiger partial charge in [0.25, 0.3) is 0 Å². The van der Waals surface area contributed by atoms with Gasteiger partial charge in [0.2, 0.25) is 0 Å². The van der Waals surface area contributed by atoms with Gasteiger partial charge in [-0.15, -0.1) is 0 Å². The van der Waals surface area contributed by atoms with Gasteiger partial charge in [0.1, 0.15) is 0 Å². The molecule has 0 saturated carbocycles. The molecule has 1 aliphatic rings. The van der Waals surface area contributed by atoms with E-state index >= 15 is 0 Å². The zero-order chi connectivity index (χ0) is 12.6. The number of benzene rings is 1. The van der Waals surface area contributed by atoms with Gasteiger partial charge in [0, 0.05) is 6.54 Å². The summed E-state index contributed by atoms with van der Waals surface area (Å²) in [5, 5.41) is 13.3. The molecule has 94 valence electrons. The van der Waals surface area contributed by atoms with E-state index in [4.69, 9.17) is 0 Å². The second kappa shape index (κ2) is 4.43. The van der Waals surface area contributed by atoms with E-state index in [9.17, 15) is 5.11 Å². The van der Waals surface area contributed by atoms with Crippen LogP contribution in [-0.2, 0) is 5.41 Å². The van der Waals surface area contributed by atoms with Crippen molar-refractivity contribution in [3.63, 3.8) is 0 Å². The molecule has 2 unspecified atom stereocenters. The minimum Gasteiger partial charge on any atom is -0.388 e. The monoisotopic (exact) mass is 233 g/mol. The molecular weight excluding hydrogens is 210 g/mol. The molecule has 1 aromatic rings. The fourth-order valence-corrected chi connectivity index (χ4v) is 2.66. The highest BCUT2D eigenvalue weighted by Gasteiger charge is 2.30. The Morgan fingerprint density at radius 3 is 2.59 bits per heavy atom. The van der Waals surface area contributed by atoms with Crippen LogP contribution in [0, 0.1) is 0 Å². The molecule has 0 spiro atoms. The smallest absolute Gasteiger partial charge is 0.0799 e. The minimum absolute atomic E-state index is 0.149. The SMILES string of the molecule is CNCC1CC(O)c2cc(C(C)(C)C)ccc21. The van der Waals surface area contributed by atoms with Crippen LogP contribution < -0.4 is 5.32 Å². The molecular formula is C15H23NO. The van der Waals surface area contributed by atoms with E-state index in [0.29, 0.717) is 5.92 Å². The van der Waals surface area contributed by atoms with Crippen LogP contribution in [0.2, 0.25) is 0 Å². The van der Waals surface area contributed by atoms with E-state index in [1.54, 1.807) is 0 Å². The minimum atomic E-state index is -0.286. The summed E-state index contributed by atoms with van der Waals surface area (Å²) in [6.45, 7) is 7.57. The van der Waals surface area contributed by atoms with Crippen LogP contribution in [0.25, 0.3) is 0 Å². The van der Waals surface area contributed by atoms with Gasteiger partial charge in [-0.2, -0.15) is 0 Å². The predicted molar refractivity (Wildman–Crippen MR) is 71.4 cm³/mol. The molecule has 2 atom stereocenters. The highest BCUT2D eigenvalue weighted by Crippen LogP contribution is 2.41. The van der Waals surface area contributed by atoms with Gasteiger partial charge in [-0.05, 0) is 41.5 Å². The van der Waals surface area contributed by atoms with Crippen molar-refractivity contribution in [2.24, 2.45) is 0 Å². The van der Waals surface area contributed by atoms with E-state index in [1.807, 2.05) is 7.05 Å². The Bertz CT molecular complexity index is 406. The van der Waals surface area contributed by atoms with Gasteiger partial charge in [-0.25, -0.2) is 0 Å². The van der Waals surface area contributed by atoms with Crippen LogP contribution in [0.15, 0.2) is 18.2 Å². The largest absolute Gasteiger partial charge is 0.388 e. The number of aliphatic hydroxyl groups excluding tert-OH is 1. The first-order valence-corrected chi connectivity index (χ1v) is 6.40. The molecule has 2 rings (SSSR count). The van der Waals surface area contributed by atoms with Gasteiger partial charge in [-0.1, -0.05) is 39.0 Å². The van der Waals surface area contributed by atoms with Gasteiger partial charge in [0.05, 0.1) is 6.10 Å². The molecule has 0 aliphatic heterocycles. The maximum Gasteiger partial charge on any atom is 0.0799 e. The molecule has 0 amide bonds. The zero-order valence-electron chi connectivity index (χ0n) is 11.2. The summed E-state index contributed by atoms with van der Waals surface area (Å²) in [4.78, 5) is 0. The Morgan fingerprint density at radius 1 is 1.29 bits per heavy atom. The fraction of sp³-hybridized carbons (Fsp3) is 0.600. The Balaban J connectivity index is 2.37. The quantitative estimate of drug-likeness (QED) is 0.823. The van der Waals surface area contributed by atoms with Crippen LogP contribution in [0.3, 0.4) is 0 Å². The summed E-state index contributed by atoms with van der Waals surface area (Å²) < 4.78 is 0. The summed E-state index contributed by atoms with van der Waals surface area (Å²) in [7, 11) is 1.97. The molecule has 0 aromatic heterocycles. The number of aliphatic hydroxyl groups is 1. The van der Waals surface area contributed by atoms with Gasteiger partial charge < -0.3 is 10.4 Å². The summed E-state index contributed by atoms with van der Waals surface area (Å²) in [5.41, 5.74) is 3.91. The lowest BCUT2D eigenvalue weighted by Gasteiger charge is -2.21.